The molecule has 1 amide bonds. The second-order valence-electron chi connectivity index (χ2n) is 7.77. The van der Waals surface area contributed by atoms with Gasteiger partial charge in [0.25, 0.3) is 0 Å². The number of ether oxygens (including phenoxy) is 1. The maximum absolute atomic E-state index is 13.5. The van der Waals surface area contributed by atoms with Crippen LogP contribution in [0.25, 0.3) is 16.9 Å². The molecule has 1 aromatic heterocycles. The van der Waals surface area contributed by atoms with Gasteiger partial charge in [-0.05, 0) is 80.5 Å². The average Bonchev–Trinajstić information content (AvgIpc) is 3.58. The first-order chi connectivity index (χ1) is 16.0. The molecule has 1 fully saturated rings. The van der Waals surface area contributed by atoms with Gasteiger partial charge in [-0.2, -0.15) is 0 Å². The smallest absolute Gasteiger partial charge is 0.246 e. The lowest BCUT2D eigenvalue weighted by Gasteiger charge is -2.24. The maximum atomic E-state index is 13.5. The predicted molar refractivity (Wildman–Crippen MR) is 130 cm³/mol. The fourth-order valence-electron chi connectivity index (χ4n) is 3.49. The van der Waals surface area contributed by atoms with Crippen molar-refractivity contribution in [3.05, 3.63) is 60.5 Å². The fourth-order valence-corrected chi connectivity index (χ4v) is 3.85. The number of hydrogen-bond donors (Lipinski definition) is 2. The monoisotopic (exact) mass is 467 g/mol. The molecule has 1 aliphatic rings. The number of anilines is 1. The Morgan fingerprint density at radius 2 is 1.91 bits per heavy atom. The van der Waals surface area contributed by atoms with Crippen LogP contribution in [0.1, 0.15) is 19.8 Å². The molecule has 2 N–H and O–H groups in total. The Morgan fingerprint density at radius 3 is 2.52 bits per heavy atom. The zero-order chi connectivity index (χ0) is 23.4. The highest BCUT2D eigenvalue weighted by Gasteiger charge is 2.32. The number of halogens is 1. The van der Waals surface area contributed by atoms with Gasteiger partial charge in [-0.1, -0.05) is 0 Å². The van der Waals surface area contributed by atoms with Crippen molar-refractivity contribution in [1.29, 1.82) is 0 Å². The SMILES string of the molecule is CCNC(=S)N(CC(=O)Nc1nc(-c2ccc(OC)cc2)cn1-c1ccc(F)cc1)C1CC1. The van der Waals surface area contributed by atoms with E-state index in [1.165, 1.54) is 12.1 Å². The number of imidazole rings is 1. The van der Waals surface area contributed by atoms with Crippen LogP contribution in [0.15, 0.2) is 54.7 Å². The van der Waals surface area contributed by atoms with Crippen LogP contribution in [0.3, 0.4) is 0 Å². The van der Waals surface area contributed by atoms with Crippen LogP contribution in [0, 0.1) is 5.82 Å². The van der Waals surface area contributed by atoms with Crippen molar-refractivity contribution in [3.8, 4) is 22.7 Å². The number of rotatable bonds is 8. The summed E-state index contributed by atoms with van der Waals surface area (Å²) < 4.78 is 20.5. The topological polar surface area (TPSA) is 71.4 Å². The number of nitrogens with zero attached hydrogens (tertiary/aromatic N) is 3. The summed E-state index contributed by atoms with van der Waals surface area (Å²) in [7, 11) is 1.61. The summed E-state index contributed by atoms with van der Waals surface area (Å²) in [6.45, 7) is 2.80. The van der Waals surface area contributed by atoms with Gasteiger partial charge in [-0.25, -0.2) is 9.37 Å². The van der Waals surface area contributed by atoms with E-state index in [1.807, 2.05) is 42.3 Å². The zero-order valence-corrected chi connectivity index (χ0v) is 19.4. The molecule has 4 rings (SSSR count). The molecule has 1 aliphatic carbocycles. The van der Waals surface area contributed by atoms with Gasteiger partial charge in [0, 0.05) is 30.0 Å². The zero-order valence-electron chi connectivity index (χ0n) is 18.5. The standard InChI is InChI=1S/C24H26FN5O2S/c1-3-26-24(33)30(19-10-11-19)15-22(31)28-23-27-21(16-4-12-20(32-2)13-5-16)14-29(23)18-8-6-17(25)7-9-18/h4-9,12-14,19H,3,10-11,15H2,1-2H3,(H,26,33)(H,27,28,31). The van der Waals surface area contributed by atoms with Gasteiger partial charge in [0.1, 0.15) is 11.6 Å². The molecule has 0 unspecified atom stereocenters. The molecule has 2 aromatic carbocycles. The summed E-state index contributed by atoms with van der Waals surface area (Å²) in [6, 6.07) is 13.8. The molecule has 0 bridgehead atoms. The van der Waals surface area contributed by atoms with Gasteiger partial charge < -0.3 is 15.0 Å². The van der Waals surface area contributed by atoms with Crippen molar-refractivity contribution >= 4 is 29.2 Å². The van der Waals surface area contributed by atoms with Gasteiger partial charge in [0.05, 0.1) is 19.3 Å². The summed E-state index contributed by atoms with van der Waals surface area (Å²) in [5, 5.41) is 6.62. The Balaban J connectivity index is 1.61. The van der Waals surface area contributed by atoms with Crippen LogP contribution in [0.2, 0.25) is 0 Å². The molecule has 0 spiro atoms. The van der Waals surface area contributed by atoms with Crippen LogP contribution in [-0.4, -0.2) is 51.7 Å². The molecule has 0 saturated heterocycles. The number of hydrogen-bond acceptors (Lipinski definition) is 4. The second-order valence-corrected chi connectivity index (χ2v) is 8.15. The second kappa shape index (κ2) is 9.99. The number of thiocarbonyl (C=S) groups is 1. The summed E-state index contributed by atoms with van der Waals surface area (Å²) in [4.78, 5) is 19.5. The van der Waals surface area contributed by atoms with Crippen molar-refractivity contribution in [3.63, 3.8) is 0 Å². The Kier molecular flexibility index (Phi) is 6.88. The van der Waals surface area contributed by atoms with Crippen LogP contribution in [0.4, 0.5) is 10.3 Å². The Morgan fingerprint density at radius 1 is 1.21 bits per heavy atom. The number of amides is 1. The third-order valence-corrected chi connectivity index (χ3v) is 5.72. The van der Waals surface area contributed by atoms with Crippen molar-refractivity contribution in [2.75, 3.05) is 25.5 Å². The molecule has 0 atom stereocenters. The molecule has 9 heteroatoms. The highest BCUT2D eigenvalue weighted by atomic mass is 32.1. The van der Waals surface area contributed by atoms with E-state index in [0.29, 0.717) is 29.0 Å². The molecular formula is C24H26FN5O2S. The van der Waals surface area contributed by atoms with Crippen LogP contribution in [0.5, 0.6) is 5.75 Å². The summed E-state index contributed by atoms with van der Waals surface area (Å²) in [6.07, 6.45) is 3.85. The normalized spacial score (nSPS) is 12.8. The van der Waals surface area contributed by atoms with E-state index < -0.39 is 0 Å². The molecular weight excluding hydrogens is 441 g/mol. The minimum Gasteiger partial charge on any atom is -0.497 e. The van der Waals surface area contributed by atoms with Crippen LogP contribution < -0.4 is 15.4 Å². The third-order valence-electron chi connectivity index (χ3n) is 5.34. The Labute approximate surface area is 197 Å². The molecule has 7 nitrogen and oxygen atoms in total. The lowest BCUT2D eigenvalue weighted by molar-refractivity contribution is -0.116. The Bertz CT molecular complexity index is 1130. The highest BCUT2D eigenvalue weighted by Crippen LogP contribution is 2.28. The summed E-state index contributed by atoms with van der Waals surface area (Å²) in [5.41, 5.74) is 2.21. The van der Waals surface area contributed by atoms with E-state index in [1.54, 1.807) is 23.8 Å². The first kappa shape index (κ1) is 22.7. The predicted octanol–water partition coefficient (Wildman–Crippen LogP) is 3.98. The van der Waals surface area contributed by atoms with E-state index in [9.17, 15) is 9.18 Å². The summed E-state index contributed by atoms with van der Waals surface area (Å²) >= 11 is 5.45. The minimum absolute atomic E-state index is 0.130. The molecule has 1 heterocycles. The Hall–Kier alpha value is -3.46. The van der Waals surface area contributed by atoms with Gasteiger partial charge in [-0.3, -0.25) is 14.7 Å². The molecule has 3 aromatic rings. The molecule has 172 valence electrons. The number of carbonyl (C=O) groups excluding carboxylic acids is 1. The minimum atomic E-state index is -0.336. The van der Waals surface area contributed by atoms with Crippen LogP contribution in [-0.2, 0) is 4.79 Å². The fraction of sp³-hybridized carbons (Fsp3) is 0.292. The van der Waals surface area contributed by atoms with E-state index >= 15 is 0 Å². The maximum Gasteiger partial charge on any atom is 0.246 e. The average molecular weight is 468 g/mol. The van der Waals surface area contributed by atoms with E-state index in [-0.39, 0.29) is 24.3 Å². The number of aromatic nitrogens is 2. The van der Waals surface area contributed by atoms with E-state index in [4.69, 9.17) is 17.0 Å². The number of benzene rings is 2. The van der Waals surface area contributed by atoms with Crippen molar-refractivity contribution < 1.29 is 13.9 Å². The lowest BCUT2D eigenvalue weighted by Crippen LogP contribution is -2.45. The van der Waals surface area contributed by atoms with E-state index in [0.717, 1.165) is 24.2 Å². The van der Waals surface area contributed by atoms with Crippen molar-refractivity contribution in [2.24, 2.45) is 0 Å². The quantitative estimate of drug-likeness (QED) is 0.489. The van der Waals surface area contributed by atoms with Crippen LogP contribution >= 0.6 is 12.2 Å². The summed E-state index contributed by atoms with van der Waals surface area (Å²) in [5.74, 6) is 0.527. The van der Waals surface area contributed by atoms with Gasteiger partial charge in [0.15, 0.2) is 5.11 Å². The highest BCUT2D eigenvalue weighted by molar-refractivity contribution is 7.80. The van der Waals surface area contributed by atoms with Crippen molar-refractivity contribution in [1.82, 2.24) is 19.8 Å². The van der Waals surface area contributed by atoms with Gasteiger partial charge in [-0.15, -0.1) is 0 Å². The third kappa shape index (κ3) is 5.48. The van der Waals surface area contributed by atoms with Crippen molar-refractivity contribution in [2.45, 2.75) is 25.8 Å². The number of nitrogens with one attached hydrogen (secondary N) is 2. The molecule has 0 radical (unpaired) electrons. The molecule has 1 saturated carbocycles. The number of carbonyl (C=O) groups is 1. The number of methoxy groups -OCH3 is 1. The first-order valence-electron chi connectivity index (χ1n) is 10.8. The largest absolute Gasteiger partial charge is 0.497 e. The lowest BCUT2D eigenvalue weighted by atomic mass is 10.1. The van der Waals surface area contributed by atoms with E-state index in [2.05, 4.69) is 15.6 Å². The first-order valence-corrected chi connectivity index (χ1v) is 11.2. The van der Waals surface area contributed by atoms with Gasteiger partial charge in [0.2, 0.25) is 11.9 Å². The van der Waals surface area contributed by atoms with Gasteiger partial charge >= 0.3 is 0 Å². The molecule has 0 aliphatic heterocycles. The molecule has 33 heavy (non-hydrogen) atoms.